The molecule has 4 rings (SSSR count). The summed E-state index contributed by atoms with van der Waals surface area (Å²) in [6.07, 6.45) is 0.980. The molecule has 0 unspecified atom stereocenters. The average Bonchev–Trinajstić information content (AvgIpc) is 3.02. The standard InChI is InChI=1S/C36H40ClN3O4S/c1-5-21-38-36(42)34(23-29-9-7-6-8-10-29)39(24-30-14-16-31(37)17-15-30)35(41)25-40(33-20-13-27(3)22-28(33)4)45(43,44)32-18-11-26(2)12-19-32/h6-20,22,34H,5,21,23-25H2,1-4H3,(H,38,42)/t34-/m1/s1. The Labute approximate surface area is 271 Å². The van der Waals surface area contributed by atoms with Crippen LogP contribution in [-0.4, -0.2) is 44.3 Å². The molecule has 1 atom stereocenters. The normalized spacial score (nSPS) is 11.9. The number of nitrogens with one attached hydrogen (secondary N) is 1. The van der Waals surface area contributed by atoms with Crippen LogP contribution in [0.2, 0.25) is 5.02 Å². The van der Waals surface area contributed by atoms with E-state index in [-0.39, 0.29) is 23.8 Å². The van der Waals surface area contributed by atoms with Crippen molar-refractivity contribution >= 4 is 39.1 Å². The highest BCUT2D eigenvalue weighted by Gasteiger charge is 2.35. The third kappa shape index (κ3) is 8.74. The summed E-state index contributed by atoms with van der Waals surface area (Å²) < 4.78 is 29.6. The Hall–Kier alpha value is -4.14. The van der Waals surface area contributed by atoms with E-state index in [0.717, 1.165) is 33.0 Å². The Morgan fingerprint density at radius 1 is 0.822 bits per heavy atom. The highest BCUT2D eigenvalue weighted by Crippen LogP contribution is 2.29. The lowest BCUT2D eigenvalue weighted by atomic mass is 10.0. The van der Waals surface area contributed by atoms with Crippen LogP contribution in [0, 0.1) is 20.8 Å². The van der Waals surface area contributed by atoms with Crippen molar-refractivity contribution in [2.45, 2.75) is 58.0 Å². The van der Waals surface area contributed by atoms with Gasteiger partial charge >= 0.3 is 0 Å². The second-order valence-electron chi connectivity index (χ2n) is 11.3. The second kappa shape index (κ2) is 15.2. The van der Waals surface area contributed by atoms with Crippen molar-refractivity contribution in [1.29, 1.82) is 0 Å². The fourth-order valence-electron chi connectivity index (χ4n) is 5.14. The van der Waals surface area contributed by atoms with Crippen LogP contribution in [0.5, 0.6) is 0 Å². The van der Waals surface area contributed by atoms with E-state index in [2.05, 4.69) is 5.32 Å². The number of nitrogens with zero attached hydrogens (tertiary/aromatic N) is 2. The lowest BCUT2D eigenvalue weighted by Gasteiger charge is -2.34. The molecule has 236 valence electrons. The molecule has 4 aromatic carbocycles. The summed E-state index contributed by atoms with van der Waals surface area (Å²) in [4.78, 5) is 29.8. The van der Waals surface area contributed by atoms with Gasteiger partial charge < -0.3 is 10.2 Å². The summed E-state index contributed by atoms with van der Waals surface area (Å²) in [6.45, 7) is 7.62. The van der Waals surface area contributed by atoms with E-state index in [0.29, 0.717) is 22.8 Å². The summed E-state index contributed by atoms with van der Waals surface area (Å²) >= 11 is 6.15. The Morgan fingerprint density at radius 2 is 1.47 bits per heavy atom. The van der Waals surface area contributed by atoms with Crippen molar-refractivity contribution in [3.63, 3.8) is 0 Å². The van der Waals surface area contributed by atoms with Gasteiger partial charge in [-0.25, -0.2) is 8.42 Å². The number of halogens is 1. The molecule has 0 heterocycles. The Morgan fingerprint density at radius 3 is 2.09 bits per heavy atom. The van der Waals surface area contributed by atoms with Crippen molar-refractivity contribution in [2.24, 2.45) is 0 Å². The Bertz CT molecular complexity index is 1710. The van der Waals surface area contributed by atoms with Crippen molar-refractivity contribution in [3.8, 4) is 0 Å². The number of sulfonamides is 1. The van der Waals surface area contributed by atoms with Crippen LogP contribution in [-0.2, 0) is 32.6 Å². The summed E-state index contributed by atoms with van der Waals surface area (Å²) in [6, 6.07) is 27.7. The van der Waals surface area contributed by atoms with E-state index < -0.39 is 28.5 Å². The minimum absolute atomic E-state index is 0.0756. The maximum Gasteiger partial charge on any atom is 0.264 e. The van der Waals surface area contributed by atoms with Gasteiger partial charge in [-0.3, -0.25) is 13.9 Å². The first-order chi connectivity index (χ1) is 21.5. The maximum atomic E-state index is 14.5. The molecule has 2 amide bonds. The third-order valence-electron chi connectivity index (χ3n) is 7.60. The van der Waals surface area contributed by atoms with E-state index in [1.807, 2.05) is 70.2 Å². The van der Waals surface area contributed by atoms with E-state index in [1.165, 1.54) is 4.90 Å². The first-order valence-corrected chi connectivity index (χ1v) is 16.8. The minimum atomic E-state index is -4.16. The molecule has 7 nitrogen and oxygen atoms in total. The smallest absolute Gasteiger partial charge is 0.264 e. The summed E-state index contributed by atoms with van der Waals surface area (Å²) in [5, 5.41) is 3.50. The number of benzene rings is 4. The molecule has 0 aliphatic rings. The molecule has 45 heavy (non-hydrogen) atoms. The van der Waals surface area contributed by atoms with Crippen molar-refractivity contribution in [2.75, 3.05) is 17.4 Å². The van der Waals surface area contributed by atoms with Gasteiger partial charge in [0.15, 0.2) is 0 Å². The largest absolute Gasteiger partial charge is 0.354 e. The van der Waals surface area contributed by atoms with Crippen molar-refractivity contribution in [3.05, 3.63) is 130 Å². The van der Waals surface area contributed by atoms with Crippen LogP contribution in [0.15, 0.2) is 102 Å². The lowest BCUT2D eigenvalue weighted by molar-refractivity contribution is -0.140. The van der Waals surface area contributed by atoms with Gasteiger partial charge in [-0.1, -0.05) is 96.4 Å². The fraction of sp³-hybridized carbons (Fsp3) is 0.278. The van der Waals surface area contributed by atoms with Crippen LogP contribution in [0.3, 0.4) is 0 Å². The van der Waals surface area contributed by atoms with Gasteiger partial charge in [0, 0.05) is 24.5 Å². The molecule has 0 saturated carbocycles. The monoisotopic (exact) mass is 645 g/mol. The predicted molar refractivity (Wildman–Crippen MR) is 181 cm³/mol. The molecular weight excluding hydrogens is 606 g/mol. The van der Waals surface area contributed by atoms with Gasteiger partial charge in [0.25, 0.3) is 10.0 Å². The van der Waals surface area contributed by atoms with Crippen molar-refractivity contribution in [1.82, 2.24) is 10.2 Å². The van der Waals surface area contributed by atoms with E-state index in [9.17, 15) is 18.0 Å². The van der Waals surface area contributed by atoms with E-state index in [1.54, 1.807) is 54.6 Å². The molecular formula is C36H40ClN3O4S. The lowest BCUT2D eigenvalue weighted by Crippen LogP contribution is -2.53. The van der Waals surface area contributed by atoms with Crippen LogP contribution >= 0.6 is 11.6 Å². The van der Waals surface area contributed by atoms with Crippen LogP contribution in [0.1, 0.15) is 41.2 Å². The molecule has 0 radical (unpaired) electrons. The fourth-order valence-corrected chi connectivity index (χ4v) is 6.75. The quantitative estimate of drug-likeness (QED) is 0.177. The molecule has 0 aromatic heterocycles. The number of aryl methyl sites for hydroxylation is 3. The van der Waals surface area contributed by atoms with Gasteiger partial charge in [-0.15, -0.1) is 0 Å². The van der Waals surface area contributed by atoms with Crippen LogP contribution < -0.4 is 9.62 Å². The van der Waals surface area contributed by atoms with Gasteiger partial charge in [-0.05, 0) is 74.2 Å². The number of amides is 2. The third-order valence-corrected chi connectivity index (χ3v) is 9.62. The Kier molecular flexibility index (Phi) is 11.4. The molecule has 0 aliphatic heterocycles. The number of hydrogen-bond acceptors (Lipinski definition) is 4. The minimum Gasteiger partial charge on any atom is -0.354 e. The topological polar surface area (TPSA) is 86.8 Å². The molecule has 9 heteroatoms. The zero-order valence-corrected chi connectivity index (χ0v) is 27.7. The number of anilines is 1. The van der Waals surface area contributed by atoms with Gasteiger partial charge in [-0.2, -0.15) is 0 Å². The molecule has 0 bridgehead atoms. The van der Waals surface area contributed by atoms with Gasteiger partial charge in [0.05, 0.1) is 10.6 Å². The van der Waals surface area contributed by atoms with E-state index >= 15 is 0 Å². The van der Waals surface area contributed by atoms with Crippen molar-refractivity contribution < 1.29 is 18.0 Å². The zero-order valence-electron chi connectivity index (χ0n) is 26.2. The van der Waals surface area contributed by atoms with Crippen LogP contribution in [0.4, 0.5) is 5.69 Å². The SMILES string of the molecule is CCCNC(=O)[C@@H](Cc1ccccc1)N(Cc1ccc(Cl)cc1)C(=O)CN(c1ccc(C)cc1C)S(=O)(=O)c1ccc(C)cc1. The first kappa shape index (κ1) is 33.7. The number of carbonyl (C=O) groups excluding carboxylic acids is 2. The number of rotatable bonds is 13. The summed E-state index contributed by atoms with van der Waals surface area (Å²) in [5.41, 5.74) is 4.63. The highest BCUT2D eigenvalue weighted by atomic mass is 35.5. The molecule has 0 saturated heterocycles. The Balaban J connectivity index is 1.81. The predicted octanol–water partition coefficient (Wildman–Crippen LogP) is 6.63. The maximum absolute atomic E-state index is 14.5. The van der Waals surface area contributed by atoms with E-state index in [4.69, 9.17) is 11.6 Å². The zero-order chi connectivity index (χ0) is 32.6. The van der Waals surface area contributed by atoms with Gasteiger partial charge in [0.2, 0.25) is 11.8 Å². The molecule has 4 aromatic rings. The molecule has 0 spiro atoms. The van der Waals surface area contributed by atoms with Gasteiger partial charge in [0.1, 0.15) is 12.6 Å². The summed E-state index contributed by atoms with van der Waals surface area (Å²) in [5.74, 6) is -0.810. The summed E-state index contributed by atoms with van der Waals surface area (Å²) in [7, 11) is -4.16. The average molecular weight is 646 g/mol. The first-order valence-electron chi connectivity index (χ1n) is 15.0. The second-order valence-corrected chi connectivity index (χ2v) is 13.6. The molecule has 0 aliphatic carbocycles. The number of carbonyl (C=O) groups is 2. The van der Waals surface area contributed by atoms with Crippen LogP contribution in [0.25, 0.3) is 0 Å². The number of hydrogen-bond donors (Lipinski definition) is 1. The molecule has 1 N–H and O–H groups in total. The highest BCUT2D eigenvalue weighted by molar-refractivity contribution is 7.92. The molecule has 0 fully saturated rings.